The number of rotatable bonds is 2. The highest BCUT2D eigenvalue weighted by atomic mass is 32.1. The van der Waals surface area contributed by atoms with Crippen molar-refractivity contribution in [1.82, 2.24) is 5.32 Å². The van der Waals surface area contributed by atoms with Gasteiger partial charge >= 0.3 is 0 Å². The predicted molar refractivity (Wildman–Crippen MR) is 56.7 cm³/mol. The maximum absolute atomic E-state index is 11.3. The number of nitrogens with one attached hydrogen (secondary N) is 2. The molecule has 1 aromatic rings. The van der Waals surface area contributed by atoms with Crippen LogP contribution in [0.4, 0.5) is 5.00 Å². The summed E-state index contributed by atoms with van der Waals surface area (Å²) in [5, 5.41) is 5.94. The van der Waals surface area contributed by atoms with Crippen LogP contribution in [0.2, 0.25) is 0 Å². The lowest BCUT2D eigenvalue weighted by molar-refractivity contribution is -0.114. The summed E-state index contributed by atoms with van der Waals surface area (Å²) >= 11 is 1.28. The second kappa shape index (κ2) is 4.23. The fourth-order valence-electron chi connectivity index (χ4n) is 1.00. The van der Waals surface area contributed by atoms with Crippen molar-refractivity contribution in [3.05, 3.63) is 16.5 Å². The van der Waals surface area contributed by atoms with Crippen molar-refractivity contribution < 1.29 is 9.59 Å². The van der Waals surface area contributed by atoms with Crippen molar-refractivity contribution in [2.75, 3.05) is 12.4 Å². The Balaban J connectivity index is 2.93. The quantitative estimate of drug-likeness (QED) is 0.778. The molecule has 5 heteroatoms. The number of anilines is 1. The molecule has 0 bridgehead atoms. The molecule has 1 heterocycles. The van der Waals surface area contributed by atoms with Crippen molar-refractivity contribution >= 4 is 28.2 Å². The van der Waals surface area contributed by atoms with Crippen LogP contribution >= 0.6 is 11.3 Å². The van der Waals surface area contributed by atoms with Gasteiger partial charge in [-0.15, -0.1) is 11.3 Å². The van der Waals surface area contributed by atoms with E-state index in [1.807, 2.05) is 6.92 Å². The van der Waals surface area contributed by atoms with Crippen molar-refractivity contribution in [3.63, 3.8) is 0 Å². The van der Waals surface area contributed by atoms with Gasteiger partial charge < -0.3 is 10.6 Å². The van der Waals surface area contributed by atoms with E-state index in [2.05, 4.69) is 10.6 Å². The van der Waals surface area contributed by atoms with Crippen LogP contribution in [-0.4, -0.2) is 18.9 Å². The minimum absolute atomic E-state index is 0.126. The molecule has 0 aliphatic heterocycles. The molecular weight excluding hydrogens is 200 g/mol. The predicted octanol–water partition coefficient (Wildman–Crippen LogP) is 1.37. The number of thiophene rings is 1. The van der Waals surface area contributed by atoms with Crippen molar-refractivity contribution in [1.29, 1.82) is 0 Å². The average Bonchev–Trinajstić information content (AvgIpc) is 2.46. The normalized spacial score (nSPS) is 9.64. The van der Waals surface area contributed by atoms with Gasteiger partial charge in [-0.1, -0.05) is 0 Å². The summed E-state index contributed by atoms with van der Waals surface area (Å²) in [7, 11) is 1.58. The summed E-state index contributed by atoms with van der Waals surface area (Å²) in [6.45, 7) is 3.30. The van der Waals surface area contributed by atoms with Crippen LogP contribution in [-0.2, 0) is 4.79 Å². The van der Waals surface area contributed by atoms with E-state index in [0.29, 0.717) is 4.88 Å². The number of amides is 2. The number of carbonyl (C=O) groups is 2. The van der Waals surface area contributed by atoms with Gasteiger partial charge in [0.05, 0.1) is 9.88 Å². The van der Waals surface area contributed by atoms with Crippen molar-refractivity contribution in [2.24, 2.45) is 0 Å². The molecule has 0 aliphatic rings. The smallest absolute Gasteiger partial charge is 0.261 e. The molecule has 14 heavy (non-hydrogen) atoms. The van der Waals surface area contributed by atoms with E-state index in [4.69, 9.17) is 0 Å². The standard InChI is InChI=1S/C9H12N2O2S/c1-5-4-7(8(13)10-3)14-9(5)11-6(2)12/h4H,1-3H3,(H,10,13)(H,11,12). The molecular formula is C9H12N2O2S. The van der Waals surface area contributed by atoms with E-state index >= 15 is 0 Å². The van der Waals surface area contributed by atoms with Crippen LogP contribution in [0.1, 0.15) is 22.2 Å². The summed E-state index contributed by atoms with van der Waals surface area (Å²) < 4.78 is 0. The van der Waals surface area contributed by atoms with Gasteiger partial charge in [-0.25, -0.2) is 0 Å². The number of hydrogen-bond acceptors (Lipinski definition) is 3. The van der Waals surface area contributed by atoms with E-state index in [-0.39, 0.29) is 11.8 Å². The maximum Gasteiger partial charge on any atom is 0.261 e. The van der Waals surface area contributed by atoms with Gasteiger partial charge in [-0.2, -0.15) is 0 Å². The lowest BCUT2D eigenvalue weighted by atomic mass is 10.3. The second-order valence-corrected chi connectivity index (χ2v) is 3.94. The van der Waals surface area contributed by atoms with Gasteiger partial charge in [-0.05, 0) is 18.6 Å². The first-order valence-electron chi connectivity index (χ1n) is 4.14. The lowest BCUT2D eigenvalue weighted by Crippen LogP contribution is -2.16. The summed E-state index contributed by atoms with van der Waals surface area (Å²) in [5.74, 6) is -0.256. The molecule has 0 fully saturated rings. The highest BCUT2D eigenvalue weighted by Crippen LogP contribution is 2.27. The highest BCUT2D eigenvalue weighted by molar-refractivity contribution is 7.18. The number of aryl methyl sites for hydroxylation is 1. The third-order valence-electron chi connectivity index (χ3n) is 1.66. The molecule has 2 N–H and O–H groups in total. The minimum atomic E-state index is -0.130. The average molecular weight is 212 g/mol. The van der Waals surface area contributed by atoms with Gasteiger partial charge in [0.2, 0.25) is 5.91 Å². The van der Waals surface area contributed by atoms with Gasteiger partial charge in [0.25, 0.3) is 5.91 Å². The zero-order valence-corrected chi connectivity index (χ0v) is 9.12. The van der Waals surface area contributed by atoms with E-state index < -0.39 is 0 Å². The van der Waals surface area contributed by atoms with Crippen LogP contribution in [0.25, 0.3) is 0 Å². The molecule has 4 nitrogen and oxygen atoms in total. The zero-order valence-electron chi connectivity index (χ0n) is 8.30. The van der Waals surface area contributed by atoms with Gasteiger partial charge in [-0.3, -0.25) is 9.59 Å². The van der Waals surface area contributed by atoms with Gasteiger partial charge in [0, 0.05) is 14.0 Å². The second-order valence-electron chi connectivity index (χ2n) is 2.88. The first-order valence-corrected chi connectivity index (χ1v) is 4.96. The Morgan fingerprint density at radius 1 is 1.43 bits per heavy atom. The van der Waals surface area contributed by atoms with Gasteiger partial charge in [0.15, 0.2) is 0 Å². The highest BCUT2D eigenvalue weighted by Gasteiger charge is 2.11. The van der Waals surface area contributed by atoms with Crippen LogP contribution < -0.4 is 10.6 Å². The first kappa shape index (κ1) is 10.7. The molecule has 0 aromatic carbocycles. The van der Waals surface area contributed by atoms with Gasteiger partial charge in [0.1, 0.15) is 0 Å². The lowest BCUT2D eigenvalue weighted by Gasteiger charge is -1.97. The van der Waals surface area contributed by atoms with E-state index in [0.717, 1.165) is 10.6 Å². The molecule has 0 unspecified atom stereocenters. The SMILES string of the molecule is CNC(=O)c1cc(C)c(NC(C)=O)s1. The van der Waals surface area contributed by atoms with E-state index in [1.54, 1.807) is 13.1 Å². The Bertz CT molecular complexity index is 371. The summed E-state index contributed by atoms with van der Waals surface area (Å²) in [6.07, 6.45) is 0. The Morgan fingerprint density at radius 2 is 2.07 bits per heavy atom. The Kier molecular flexibility index (Phi) is 3.24. The third kappa shape index (κ3) is 2.32. The molecule has 0 saturated heterocycles. The fourth-order valence-corrected chi connectivity index (χ4v) is 2.07. The maximum atomic E-state index is 11.3. The largest absolute Gasteiger partial charge is 0.354 e. The van der Waals surface area contributed by atoms with Crippen LogP contribution in [0, 0.1) is 6.92 Å². The first-order chi connectivity index (χ1) is 6.54. The minimum Gasteiger partial charge on any atom is -0.354 e. The molecule has 0 saturated carbocycles. The molecule has 2 amide bonds. The zero-order chi connectivity index (χ0) is 10.7. The summed E-state index contributed by atoms with van der Waals surface area (Å²) in [5.41, 5.74) is 0.906. The van der Waals surface area contributed by atoms with E-state index in [9.17, 15) is 9.59 Å². The number of hydrogen-bond donors (Lipinski definition) is 2. The fraction of sp³-hybridized carbons (Fsp3) is 0.333. The molecule has 0 radical (unpaired) electrons. The molecule has 1 aromatic heterocycles. The van der Waals surface area contributed by atoms with Crippen LogP contribution in [0.3, 0.4) is 0 Å². The number of carbonyl (C=O) groups excluding carboxylic acids is 2. The van der Waals surface area contributed by atoms with E-state index in [1.165, 1.54) is 18.3 Å². The van der Waals surface area contributed by atoms with Crippen LogP contribution in [0.5, 0.6) is 0 Å². The molecule has 0 atom stereocenters. The summed E-state index contributed by atoms with van der Waals surface area (Å²) in [6, 6.07) is 1.76. The molecule has 0 aliphatic carbocycles. The van der Waals surface area contributed by atoms with Crippen molar-refractivity contribution in [2.45, 2.75) is 13.8 Å². The molecule has 1 rings (SSSR count). The molecule has 0 spiro atoms. The van der Waals surface area contributed by atoms with Crippen molar-refractivity contribution in [3.8, 4) is 0 Å². The Morgan fingerprint density at radius 3 is 2.57 bits per heavy atom. The molecule has 76 valence electrons. The Labute approximate surface area is 86.3 Å². The van der Waals surface area contributed by atoms with Crippen LogP contribution in [0.15, 0.2) is 6.07 Å². The summed E-state index contributed by atoms with van der Waals surface area (Å²) in [4.78, 5) is 22.7. The monoisotopic (exact) mass is 212 g/mol. The third-order valence-corrected chi connectivity index (χ3v) is 2.81. The Hall–Kier alpha value is -1.36. The topological polar surface area (TPSA) is 58.2 Å².